The zero-order chi connectivity index (χ0) is 28.9. The van der Waals surface area contributed by atoms with Crippen molar-refractivity contribution in [2.75, 3.05) is 4.31 Å². The summed E-state index contributed by atoms with van der Waals surface area (Å²) in [6.45, 7) is 0.0492. The van der Waals surface area contributed by atoms with Gasteiger partial charge in [-0.25, -0.2) is 13.8 Å². The van der Waals surface area contributed by atoms with Crippen LogP contribution in [0.3, 0.4) is 0 Å². The highest BCUT2D eigenvalue weighted by Gasteiger charge is 2.28. The van der Waals surface area contributed by atoms with Crippen LogP contribution in [0, 0.1) is 0 Å². The third-order valence-corrected chi connectivity index (χ3v) is 8.86. The second kappa shape index (κ2) is 11.7. The van der Waals surface area contributed by atoms with Crippen LogP contribution >= 0.6 is 0 Å². The molecule has 0 unspecified atom stereocenters. The van der Waals surface area contributed by atoms with E-state index in [0.29, 0.717) is 0 Å². The van der Waals surface area contributed by atoms with Crippen molar-refractivity contribution in [3.8, 4) is 0 Å². The Labute approximate surface area is 244 Å². The minimum absolute atomic E-state index is 0.0492. The number of fused-ring (bicyclic) bond motifs is 2. The molecule has 0 saturated heterocycles. The fourth-order valence-corrected chi connectivity index (χ4v) is 6.55. The van der Waals surface area contributed by atoms with Crippen molar-refractivity contribution in [3.05, 3.63) is 156 Å². The summed E-state index contributed by atoms with van der Waals surface area (Å²) >= 11 is 0. The Morgan fingerprint density at radius 2 is 1.24 bits per heavy atom. The molecule has 42 heavy (non-hydrogen) atoms. The molecule has 0 bridgehead atoms. The minimum Gasteiger partial charge on any atom is -0.267 e. The smallest absolute Gasteiger partial charge is 0.267 e. The first-order chi connectivity index (χ1) is 20.5. The van der Waals surface area contributed by atoms with Gasteiger partial charge in [0.2, 0.25) is 0 Å². The molecule has 0 saturated carbocycles. The number of hydrogen-bond donors (Lipinski definition) is 1. The number of carbonyl (C=O) groups is 1. The first kappa shape index (κ1) is 26.9. The lowest BCUT2D eigenvalue weighted by Gasteiger charge is -2.26. The number of nitrogens with zero attached hydrogens (tertiary/aromatic N) is 2. The summed E-state index contributed by atoms with van der Waals surface area (Å²) in [5.74, 6) is -0.521. The molecule has 206 valence electrons. The standard InChI is InChI=1S/C35H27N3O3S/c39-35(37-36-24-33-30-19-9-7-15-27(30)23-28-16-8-10-20-31(28)33)32-21-11-12-22-34(32)38(25-26-13-3-1-4-14-26)42(40,41)29-17-5-2-6-18-29/h1-24H,25H2,(H,37,39)/b36-24-. The van der Waals surface area contributed by atoms with E-state index in [0.717, 1.165) is 32.7 Å². The fraction of sp³-hybridized carbons (Fsp3) is 0.0286. The van der Waals surface area contributed by atoms with E-state index in [9.17, 15) is 13.2 Å². The molecule has 0 atom stereocenters. The van der Waals surface area contributed by atoms with Crippen molar-refractivity contribution in [2.45, 2.75) is 11.4 Å². The Morgan fingerprint density at radius 1 is 0.690 bits per heavy atom. The first-order valence-electron chi connectivity index (χ1n) is 13.5. The highest BCUT2D eigenvalue weighted by Crippen LogP contribution is 2.30. The molecule has 0 fully saturated rings. The van der Waals surface area contributed by atoms with E-state index in [1.165, 1.54) is 4.31 Å². The number of hydrogen-bond acceptors (Lipinski definition) is 4. The molecule has 1 amide bonds. The lowest BCUT2D eigenvalue weighted by molar-refractivity contribution is 0.0955. The number of amides is 1. The van der Waals surface area contributed by atoms with Gasteiger partial charge in [-0.1, -0.05) is 109 Å². The number of carbonyl (C=O) groups excluding carboxylic acids is 1. The Balaban J connectivity index is 1.37. The van der Waals surface area contributed by atoms with Gasteiger partial charge in [0.05, 0.1) is 28.9 Å². The quantitative estimate of drug-likeness (QED) is 0.120. The van der Waals surface area contributed by atoms with Crippen LogP contribution in [0.25, 0.3) is 21.5 Å². The molecule has 1 N–H and O–H groups in total. The summed E-state index contributed by atoms with van der Waals surface area (Å²) in [4.78, 5) is 13.7. The lowest BCUT2D eigenvalue weighted by Crippen LogP contribution is -2.33. The van der Waals surface area contributed by atoms with Gasteiger partial charge in [-0.3, -0.25) is 9.10 Å². The lowest BCUT2D eigenvalue weighted by atomic mass is 9.97. The molecule has 6 nitrogen and oxygen atoms in total. The summed E-state index contributed by atoms with van der Waals surface area (Å²) in [6.07, 6.45) is 1.65. The number of benzene rings is 6. The highest BCUT2D eigenvalue weighted by molar-refractivity contribution is 7.92. The average Bonchev–Trinajstić information content (AvgIpc) is 3.04. The zero-order valence-electron chi connectivity index (χ0n) is 22.6. The number of para-hydroxylation sites is 1. The summed E-state index contributed by atoms with van der Waals surface area (Å²) in [6, 6.07) is 42.4. The maximum atomic E-state index is 13.9. The molecule has 6 aromatic carbocycles. The second-order valence-corrected chi connectivity index (χ2v) is 11.6. The van der Waals surface area contributed by atoms with Crippen LogP contribution in [-0.4, -0.2) is 20.5 Å². The van der Waals surface area contributed by atoms with Crippen LogP contribution in [0.15, 0.2) is 150 Å². The Kier molecular flexibility index (Phi) is 7.49. The van der Waals surface area contributed by atoms with Crippen molar-refractivity contribution in [2.24, 2.45) is 5.10 Å². The summed E-state index contributed by atoms with van der Waals surface area (Å²) in [5, 5.41) is 8.49. The van der Waals surface area contributed by atoms with E-state index in [2.05, 4.69) is 16.6 Å². The van der Waals surface area contributed by atoms with E-state index < -0.39 is 15.9 Å². The molecular formula is C35H27N3O3S. The third kappa shape index (κ3) is 5.38. The highest BCUT2D eigenvalue weighted by atomic mass is 32.2. The van der Waals surface area contributed by atoms with Crippen LogP contribution in [-0.2, 0) is 16.6 Å². The molecule has 0 aliphatic heterocycles. The molecule has 6 rings (SSSR count). The maximum Gasteiger partial charge on any atom is 0.273 e. The van der Waals surface area contributed by atoms with Crippen molar-refractivity contribution >= 4 is 49.4 Å². The van der Waals surface area contributed by atoms with Gasteiger partial charge in [0.1, 0.15) is 0 Å². The molecule has 0 aliphatic rings. The Morgan fingerprint density at radius 3 is 1.90 bits per heavy atom. The fourth-order valence-electron chi connectivity index (χ4n) is 5.06. The monoisotopic (exact) mass is 569 g/mol. The van der Waals surface area contributed by atoms with Gasteiger partial charge in [0.15, 0.2) is 0 Å². The van der Waals surface area contributed by atoms with Crippen molar-refractivity contribution in [3.63, 3.8) is 0 Å². The average molecular weight is 570 g/mol. The van der Waals surface area contributed by atoms with E-state index in [4.69, 9.17) is 0 Å². The van der Waals surface area contributed by atoms with Crippen LogP contribution in [0.5, 0.6) is 0 Å². The number of hydrazone groups is 1. The molecule has 0 radical (unpaired) electrons. The first-order valence-corrected chi connectivity index (χ1v) is 14.9. The molecule has 0 spiro atoms. The van der Waals surface area contributed by atoms with Crippen LogP contribution < -0.4 is 9.73 Å². The van der Waals surface area contributed by atoms with E-state index in [1.54, 1.807) is 60.8 Å². The Hall–Kier alpha value is -5.27. The van der Waals surface area contributed by atoms with Crippen LogP contribution in [0.1, 0.15) is 21.5 Å². The number of rotatable bonds is 8. The number of nitrogens with one attached hydrogen (secondary N) is 1. The van der Waals surface area contributed by atoms with Crippen LogP contribution in [0.2, 0.25) is 0 Å². The molecule has 0 heterocycles. The number of sulfonamides is 1. The molecule has 0 aromatic heterocycles. The van der Waals surface area contributed by atoms with Gasteiger partial charge >= 0.3 is 0 Å². The zero-order valence-corrected chi connectivity index (χ0v) is 23.4. The second-order valence-electron chi connectivity index (χ2n) is 9.76. The SMILES string of the molecule is O=C(N/N=C\c1c2ccccc2cc2ccccc12)c1ccccc1N(Cc1ccccc1)S(=O)(=O)c1ccccc1. The normalized spacial score (nSPS) is 11.6. The molecule has 6 aromatic rings. The van der Waals surface area contributed by atoms with E-state index in [-0.39, 0.29) is 22.7 Å². The minimum atomic E-state index is -4.01. The van der Waals surface area contributed by atoms with E-state index in [1.807, 2.05) is 78.9 Å². The van der Waals surface area contributed by atoms with Crippen molar-refractivity contribution in [1.82, 2.24) is 5.43 Å². The summed E-state index contributed by atoms with van der Waals surface area (Å²) in [5.41, 5.74) is 4.75. The molecular weight excluding hydrogens is 542 g/mol. The largest absolute Gasteiger partial charge is 0.273 e. The third-order valence-electron chi connectivity index (χ3n) is 7.09. The summed E-state index contributed by atoms with van der Waals surface area (Å²) in [7, 11) is -4.01. The van der Waals surface area contributed by atoms with Gasteiger partial charge in [-0.05, 0) is 57.4 Å². The summed E-state index contributed by atoms with van der Waals surface area (Å²) < 4.78 is 29.1. The van der Waals surface area contributed by atoms with Crippen molar-refractivity contribution < 1.29 is 13.2 Å². The van der Waals surface area contributed by atoms with Gasteiger partial charge in [0.25, 0.3) is 15.9 Å². The molecule has 7 heteroatoms. The Bertz CT molecular complexity index is 1970. The van der Waals surface area contributed by atoms with Gasteiger partial charge in [-0.15, -0.1) is 0 Å². The van der Waals surface area contributed by atoms with Gasteiger partial charge in [-0.2, -0.15) is 5.10 Å². The van der Waals surface area contributed by atoms with Crippen molar-refractivity contribution in [1.29, 1.82) is 0 Å². The predicted octanol–water partition coefficient (Wildman–Crippen LogP) is 7.15. The number of anilines is 1. The van der Waals surface area contributed by atoms with Crippen LogP contribution in [0.4, 0.5) is 5.69 Å². The maximum absolute atomic E-state index is 13.9. The molecule has 0 aliphatic carbocycles. The van der Waals surface area contributed by atoms with Gasteiger partial charge in [0, 0.05) is 5.56 Å². The van der Waals surface area contributed by atoms with E-state index >= 15 is 0 Å². The van der Waals surface area contributed by atoms with Gasteiger partial charge < -0.3 is 0 Å². The predicted molar refractivity (Wildman–Crippen MR) is 169 cm³/mol. The topological polar surface area (TPSA) is 78.8 Å².